The predicted octanol–water partition coefficient (Wildman–Crippen LogP) is 4.80. The van der Waals surface area contributed by atoms with Crippen molar-refractivity contribution < 1.29 is 13.2 Å². The van der Waals surface area contributed by atoms with Gasteiger partial charge in [-0.25, -0.2) is 8.42 Å². The number of carbonyl (C=O) groups is 1. The maximum Gasteiger partial charge on any atom is 0.264 e. The largest absolute Gasteiger partial charge is 0.322 e. The molecule has 1 N–H and O–H groups in total. The van der Waals surface area contributed by atoms with Crippen molar-refractivity contribution in [2.45, 2.75) is 29.2 Å². The minimum Gasteiger partial charge on any atom is -0.322 e. The Morgan fingerprint density at radius 3 is 2.53 bits per heavy atom. The standard InChI is InChI=1S/C23H22N2O3S2/c1-16-13-18-14-17(23(26)24-19-7-6-8-20(15-19)29-2)11-12-22(18)25(16)30(27,28)21-9-4-3-5-10-21/h3-12,14-16H,13H2,1-2H3,(H,24,26)/t16-/m0/s1. The van der Waals surface area contributed by atoms with E-state index in [4.69, 9.17) is 0 Å². The third-order valence-corrected chi connectivity index (χ3v) is 7.79. The Labute approximate surface area is 181 Å². The van der Waals surface area contributed by atoms with Crippen molar-refractivity contribution in [3.63, 3.8) is 0 Å². The molecular formula is C23H22N2O3S2. The molecule has 1 aliphatic heterocycles. The zero-order chi connectivity index (χ0) is 21.3. The summed E-state index contributed by atoms with van der Waals surface area (Å²) in [5.74, 6) is -0.215. The van der Waals surface area contributed by atoms with Crippen LogP contribution in [0.1, 0.15) is 22.8 Å². The van der Waals surface area contributed by atoms with Crippen LogP contribution in [0.4, 0.5) is 11.4 Å². The van der Waals surface area contributed by atoms with Crippen LogP contribution in [0.3, 0.4) is 0 Å². The van der Waals surface area contributed by atoms with E-state index in [-0.39, 0.29) is 16.8 Å². The van der Waals surface area contributed by atoms with E-state index in [1.165, 1.54) is 4.31 Å². The fourth-order valence-corrected chi connectivity index (χ4v) is 5.89. The number of nitrogens with zero attached hydrogens (tertiary/aromatic N) is 1. The van der Waals surface area contributed by atoms with Gasteiger partial charge in [0.15, 0.2) is 0 Å². The van der Waals surface area contributed by atoms with Crippen LogP contribution in [0.15, 0.2) is 82.6 Å². The molecule has 0 spiro atoms. The molecule has 30 heavy (non-hydrogen) atoms. The van der Waals surface area contributed by atoms with E-state index < -0.39 is 10.0 Å². The van der Waals surface area contributed by atoms with Crippen molar-refractivity contribution in [1.82, 2.24) is 0 Å². The maximum atomic E-state index is 13.2. The number of sulfonamides is 1. The van der Waals surface area contributed by atoms with Gasteiger partial charge in [-0.15, -0.1) is 11.8 Å². The highest BCUT2D eigenvalue weighted by Crippen LogP contribution is 2.37. The number of nitrogens with one attached hydrogen (secondary N) is 1. The van der Waals surface area contributed by atoms with Gasteiger partial charge in [0.05, 0.1) is 10.6 Å². The average molecular weight is 439 g/mol. The van der Waals surface area contributed by atoms with Gasteiger partial charge in [0.25, 0.3) is 15.9 Å². The van der Waals surface area contributed by atoms with Gasteiger partial charge in [0.1, 0.15) is 0 Å². The van der Waals surface area contributed by atoms with Crippen molar-refractivity contribution >= 4 is 39.1 Å². The second-order valence-corrected chi connectivity index (χ2v) is 9.89. The van der Waals surface area contributed by atoms with Gasteiger partial charge in [-0.3, -0.25) is 9.10 Å². The molecule has 7 heteroatoms. The van der Waals surface area contributed by atoms with Gasteiger partial charge in [-0.1, -0.05) is 24.3 Å². The second-order valence-electron chi connectivity index (χ2n) is 7.20. The van der Waals surface area contributed by atoms with E-state index in [1.807, 2.05) is 37.4 Å². The van der Waals surface area contributed by atoms with E-state index in [0.717, 1.165) is 16.1 Å². The molecule has 3 aromatic rings. The molecule has 0 bridgehead atoms. The Morgan fingerprint density at radius 2 is 1.80 bits per heavy atom. The van der Waals surface area contributed by atoms with Gasteiger partial charge in [-0.2, -0.15) is 0 Å². The summed E-state index contributed by atoms with van der Waals surface area (Å²) >= 11 is 1.61. The van der Waals surface area contributed by atoms with Crippen molar-refractivity contribution in [3.05, 3.63) is 83.9 Å². The molecule has 3 aromatic carbocycles. The molecule has 1 amide bonds. The number of hydrogen-bond donors (Lipinski definition) is 1. The highest BCUT2D eigenvalue weighted by atomic mass is 32.2. The first-order chi connectivity index (χ1) is 14.4. The summed E-state index contributed by atoms with van der Waals surface area (Å²) in [5, 5.41) is 2.92. The Morgan fingerprint density at radius 1 is 1.03 bits per heavy atom. The monoisotopic (exact) mass is 438 g/mol. The van der Waals surface area contributed by atoms with Crippen LogP contribution in [0.2, 0.25) is 0 Å². The smallest absolute Gasteiger partial charge is 0.264 e. The minimum absolute atomic E-state index is 0.215. The number of fused-ring (bicyclic) bond motifs is 1. The summed E-state index contributed by atoms with van der Waals surface area (Å²) in [6, 6.07) is 21.1. The zero-order valence-corrected chi connectivity index (χ0v) is 18.3. The van der Waals surface area contributed by atoms with Crippen molar-refractivity contribution in [1.29, 1.82) is 0 Å². The lowest BCUT2D eigenvalue weighted by atomic mass is 10.1. The SMILES string of the molecule is CSc1cccc(NC(=O)c2ccc3c(c2)C[C@H](C)N3S(=O)(=O)c2ccccc2)c1. The zero-order valence-electron chi connectivity index (χ0n) is 16.7. The van der Waals surface area contributed by atoms with Crippen LogP contribution in [0, 0.1) is 0 Å². The predicted molar refractivity (Wildman–Crippen MR) is 122 cm³/mol. The summed E-state index contributed by atoms with van der Waals surface area (Å²) in [6.07, 6.45) is 2.54. The van der Waals surface area contributed by atoms with Crippen LogP contribution in [-0.2, 0) is 16.4 Å². The molecule has 1 atom stereocenters. The molecule has 0 unspecified atom stereocenters. The summed E-state index contributed by atoms with van der Waals surface area (Å²) in [6.45, 7) is 1.88. The highest BCUT2D eigenvalue weighted by Gasteiger charge is 2.36. The molecule has 5 nitrogen and oxygen atoms in total. The van der Waals surface area contributed by atoms with Gasteiger partial charge < -0.3 is 5.32 Å². The summed E-state index contributed by atoms with van der Waals surface area (Å²) in [4.78, 5) is 14.1. The number of carbonyl (C=O) groups excluding carboxylic acids is 1. The molecular weight excluding hydrogens is 416 g/mol. The number of hydrogen-bond acceptors (Lipinski definition) is 4. The molecule has 154 valence electrons. The molecule has 0 radical (unpaired) electrons. The summed E-state index contributed by atoms with van der Waals surface area (Å²) in [5.41, 5.74) is 2.73. The average Bonchev–Trinajstić information content (AvgIpc) is 3.10. The van der Waals surface area contributed by atoms with Gasteiger partial charge >= 0.3 is 0 Å². The number of thioether (sulfide) groups is 1. The Balaban J connectivity index is 1.62. The molecule has 0 saturated carbocycles. The summed E-state index contributed by atoms with van der Waals surface area (Å²) in [7, 11) is -3.66. The first-order valence-electron chi connectivity index (χ1n) is 9.58. The lowest BCUT2D eigenvalue weighted by Crippen LogP contribution is -2.35. The molecule has 1 aliphatic rings. The molecule has 0 aliphatic carbocycles. The quantitative estimate of drug-likeness (QED) is 0.581. The van der Waals surface area contributed by atoms with Gasteiger partial charge in [0.2, 0.25) is 0 Å². The molecule has 0 saturated heterocycles. The van der Waals surface area contributed by atoms with Crippen LogP contribution < -0.4 is 9.62 Å². The highest BCUT2D eigenvalue weighted by molar-refractivity contribution is 7.98. The minimum atomic E-state index is -3.66. The number of amides is 1. The van der Waals surface area contributed by atoms with Crippen LogP contribution in [-0.4, -0.2) is 26.6 Å². The topological polar surface area (TPSA) is 66.5 Å². The van der Waals surface area contributed by atoms with Crippen molar-refractivity contribution in [2.24, 2.45) is 0 Å². The molecule has 0 fully saturated rings. The number of benzene rings is 3. The molecule has 0 aromatic heterocycles. The van der Waals surface area contributed by atoms with Crippen molar-refractivity contribution in [2.75, 3.05) is 15.9 Å². The first kappa shape index (κ1) is 20.5. The van der Waals surface area contributed by atoms with Gasteiger partial charge in [-0.05, 0) is 73.7 Å². The fraction of sp³-hybridized carbons (Fsp3) is 0.174. The second kappa shape index (κ2) is 8.16. The Kier molecular flexibility index (Phi) is 5.58. The lowest BCUT2D eigenvalue weighted by molar-refractivity contribution is 0.102. The maximum absolute atomic E-state index is 13.2. The Hall–Kier alpha value is -2.77. The Bertz CT molecular complexity index is 1190. The normalized spacial score (nSPS) is 15.7. The lowest BCUT2D eigenvalue weighted by Gasteiger charge is -2.24. The van der Waals surface area contributed by atoms with E-state index >= 15 is 0 Å². The number of anilines is 2. The van der Waals surface area contributed by atoms with E-state index in [2.05, 4.69) is 5.32 Å². The first-order valence-corrected chi connectivity index (χ1v) is 12.2. The van der Waals surface area contributed by atoms with Crippen LogP contribution in [0.5, 0.6) is 0 Å². The van der Waals surface area contributed by atoms with Crippen LogP contribution >= 0.6 is 11.8 Å². The van der Waals surface area contributed by atoms with Crippen LogP contribution in [0.25, 0.3) is 0 Å². The number of rotatable bonds is 5. The fourth-order valence-electron chi connectivity index (χ4n) is 3.72. The summed E-state index contributed by atoms with van der Waals surface area (Å²) < 4.78 is 27.8. The third-order valence-electron chi connectivity index (χ3n) is 5.12. The van der Waals surface area contributed by atoms with Gasteiger partial charge in [0, 0.05) is 22.2 Å². The molecule has 1 heterocycles. The third kappa shape index (κ3) is 3.82. The van der Waals surface area contributed by atoms with Crippen molar-refractivity contribution in [3.8, 4) is 0 Å². The van der Waals surface area contributed by atoms with E-state index in [0.29, 0.717) is 17.7 Å². The van der Waals surface area contributed by atoms with E-state index in [1.54, 1.807) is 60.3 Å². The molecule has 4 rings (SSSR count). The van der Waals surface area contributed by atoms with E-state index in [9.17, 15) is 13.2 Å².